The van der Waals surface area contributed by atoms with Crippen molar-refractivity contribution in [3.8, 4) is 11.5 Å². The van der Waals surface area contributed by atoms with E-state index in [0.717, 1.165) is 5.56 Å². The second-order valence-corrected chi connectivity index (χ2v) is 8.60. The number of esters is 1. The number of anilines is 1. The van der Waals surface area contributed by atoms with Crippen LogP contribution in [0.2, 0.25) is 0 Å². The summed E-state index contributed by atoms with van der Waals surface area (Å²) in [5.41, 5.74) is -0.0573. The van der Waals surface area contributed by atoms with Gasteiger partial charge in [-0.2, -0.15) is 0 Å². The fourth-order valence-electron chi connectivity index (χ4n) is 4.86. The number of carbonyl (C=O) groups excluding carboxylic acids is 4. The highest BCUT2D eigenvalue weighted by Crippen LogP contribution is 2.44. The number of hydrogen-bond donors (Lipinski definition) is 0. The van der Waals surface area contributed by atoms with Gasteiger partial charge in [-0.15, -0.1) is 0 Å². The Morgan fingerprint density at radius 2 is 1.89 bits per heavy atom. The molecule has 0 aliphatic carbocycles. The van der Waals surface area contributed by atoms with E-state index < -0.39 is 24.1 Å². The lowest BCUT2D eigenvalue weighted by Gasteiger charge is -2.46. The highest BCUT2D eigenvalue weighted by Gasteiger charge is 2.60. The number of amides is 3. The highest BCUT2D eigenvalue weighted by atomic mass is 16.7. The van der Waals surface area contributed by atoms with Crippen molar-refractivity contribution in [1.29, 1.82) is 0 Å². The molecule has 3 heterocycles. The van der Waals surface area contributed by atoms with Gasteiger partial charge < -0.3 is 24.0 Å². The maximum atomic E-state index is 13.4. The van der Waals surface area contributed by atoms with Gasteiger partial charge in [-0.25, -0.2) is 4.79 Å². The van der Waals surface area contributed by atoms with Crippen LogP contribution in [0, 0.1) is 0 Å². The minimum absolute atomic E-state index is 0.0835. The van der Waals surface area contributed by atoms with Gasteiger partial charge >= 0.3 is 5.97 Å². The molecule has 0 radical (unpaired) electrons. The van der Waals surface area contributed by atoms with E-state index in [-0.39, 0.29) is 31.4 Å². The van der Waals surface area contributed by atoms with Crippen LogP contribution in [0.3, 0.4) is 0 Å². The third-order valence-electron chi connectivity index (χ3n) is 6.74. The molecule has 182 valence electrons. The smallest absolute Gasteiger partial charge is 0.354 e. The summed E-state index contributed by atoms with van der Waals surface area (Å²) in [6, 6.07) is 12.1. The SMILES string of the molecule is CCN(Cc1ccc2c(c1)OCO2)C(=O)COC(=O)C12CCC(=O)N1c1ccccc1C(=O)N2C. The number of rotatable bonds is 6. The summed E-state index contributed by atoms with van der Waals surface area (Å²) in [4.78, 5) is 56.3. The molecule has 3 aliphatic rings. The van der Waals surface area contributed by atoms with Crippen LogP contribution in [0.25, 0.3) is 0 Å². The van der Waals surface area contributed by atoms with Crippen molar-refractivity contribution >= 4 is 29.4 Å². The Balaban J connectivity index is 1.32. The van der Waals surface area contributed by atoms with Crippen molar-refractivity contribution in [3.05, 3.63) is 53.6 Å². The molecule has 0 bridgehead atoms. The number of likely N-dealkylation sites (N-methyl/N-ethyl adjacent to an activating group) is 2. The minimum atomic E-state index is -1.61. The Bertz CT molecular complexity index is 1230. The Kier molecular flexibility index (Phi) is 5.58. The molecule has 35 heavy (non-hydrogen) atoms. The first-order valence-corrected chi connectivity index (χ1v) is 11.4. The van der Waals surface area contributed by atoms with E-state index in [1.807, 2.05) is 19.1 Å². The van der Waals surface area contributed by atoms with Gasteiger partial charge in [0.1, 0.15) is 0 Å². The fourth-order valence-corrected chi connectivity index (χ4v) is 4.86. The summed E-state index contributed by atoms with van der Waals surface area (Å²) in [6.45, 7) is 2.17. The minimum Gasteiger partial charge on any atom is -0.454 e. The summed E-state index contributed by atoms with van der Waals surface area (Å²) < 4.78 is 16.2. The van der Waals surface area contributed by atoms with Crippen LogP contribution in [-0.4, -0.2) is 66.1 Å². The van der Waals surface area contributed by atoms with Gasteiger partial charge in [0.2, 0.25) is 18.4 Å². The molecule has 0 aromatic heterocycles. The van der Waals surface area contributed by atoms with Crippen LogP contribution in [0.15, 0.2) is 42.5 Å². The number of ether oxygens (including phenoxy) is 3. The lowest BCUT2D eigenvalue weighted by Crippen LogP contribution is -2.67. The first-order valence-electron chi connectivity index (χ1n) is 11.4. The van der Waals surface area contributed by atoms with Crippen molar-refractivity contribution in [3.63, 3.8) is 0 Å². The third-order valence-corrected chi connectivity index (χ3v) is 6.74. The predicted octanol–water partition coefficient (Wildman–Crippen LogP) is 1.92. The van der Waals surface area contributed by atoms with Crippen LogP contribution in [0.4, 0.5) is 5.69 Å². The summed E-state index contributed by atoms with van der Waals surface area (Å²) in [5, 5.41) is 0. The average Bonchev–Trinajstić information content (AvgIpc) is 3.48. The molecule has 5 rings (SSSR count). The van der Waals surface area contributed by atoms with E-state index >= 15 is 0 Å². The van der Waals surface area contributed by atoms with Gasteiger partial charge in [0, 0.05) is 33.0 Å². The number of carbonyl (C=O) groups is 4. The largest absolute Gasteiger partial charge is 0.454 e. The number of nitrogens with zero attached hydrogens (tertiary/aromatic N) is 3. The molecule has 1 saturated heterocycles. The van der Waals surface area contributed by atoms with E-state index in [1.54, 1.807) is 35.2 Å². The zero-order valence-corrected chi connectivity index (χ0v) is 19.5. The zero-order valence-electron chi connectivity index (χ0n) is 19.5. The molecule has 1 unspecified atom stereocenters. The summed E-state index contributed by atoms with van der Waals surface area (Å²) in [7, 11) is 1.48. The molecular formula is C25H25N3O7. The van der Waals surface area contributed by atoms with Crippen molar-refractivity contribution < 1.29 is 33.4 Å². The molecule has 2 aromatic rings. The second-order valence-electron chi connectivity index (χ2n) is 8.60. The van der Waals surface area contributed by atoms with E-state index in [0.29, 0.717) is 35.8 Å². The molecule has 0 saturated carbocycles. The predicted molar refractivity (Wildman–Crippen MR) is 123 cm³/mol. The molecule has 1 fully saturated rings. The van der Waals surface area contributed by atoms with Crippen molar-refractivity contribution in [2.75, 3.05) is 31.9 Å². The summed E-state index contributed by atoms with van der Waals surface area (Å²) >= 11 is 0. The maximum absolute atomic E-state index is 13.4. The van der Waals surface area contributed by atoms with Crippen LogP contribution in [0.5, 0.6) is 11.5 Å². The molecule has 0 spiro atoms. The van der Waals surface area contributed by atoms with Gasteiger partial charge in [0.25, 0.3) is 11.8 Å². The first kappa shape index (κ1) is 22.7. The van der Waals surface area contributed by atoms with E-state index in [1.165, 1.54) is 16.8 Å². The molecule has 3 amide bonds. The molecule has 0 N–H and O–H groups in total. The van der Waals surface area contributed by atoms with Crippen LogP contribution in [-0.2, 0) is 25.7 Å². The summed E-state index contributed by atoms with van der Waals surface area (Å²) in [5.74, 6) is -0.587. The van der Waals surface area contributed by atoms with Gasteiger partial charge in [-0.1, -0.05) is 18.2 Å². The van der Waals surface area contributed by atoms with Gasteiger partial charge in [-0.05, 0) is 36.8 Å². The second kappa shape index (κ2) is 8.61. The molecule has 3 aliphatic heterocycles. The average molecular weight is 479 g/mol. The lowest BCUT2D eigenvalue weighted by atomic mass is 9.97. The van der Waals surface area contributed by atoms with Crippen LogP contribution >= 0.6 is 0 Å². The standard InChI is InChI=1S/C25H25N3O7/c1-3-27(13-16-8-9-19-20(12-16)35-15-34-19)22(30)14-33-24(32)25-11-10-21(29)28(25)18-7-5-4-6-17(18)23(31)26(25)2/h4-9,12H,3,10-11,13-15H2,1-2H3. The van der Waals surface area contributed by atoms with Crippen LogP contribution in [0.1, 0.15) is 35.7 Å². The lowest BCUT2D eigenvalue weighted by molar-refractivity contribution is -0.161. The van der Waals surface area contributed by atoms with Gasteiger partial charge in [0.15, 0.2) is 18.1 Å². The normalized spacial score (nSPS) is 19.9. The molecule has 10 heteroatoms. The zero-order chi connectivity index (χ0) is 24.7. The molecule has 1 atom stereocenters. The molecular weight excluding hydrogens is 454 g/mol. The quantitative estimate of drug-likeness (QED) is 0.583. The highest BCUT2D eigenvalue weighted by molar-refractivity contribution is 6.15. The van der Waals surface area contributed by atoms with E-state index in [9.17, 15) is 19.2 Å². The number of hydrogen-bond acceptors (Lipinski definition) is 7. The number of fused-ring (bicyclic) bond motifs is 4. The third kappa shape index (κ3) is 3.56. The Morgan fingerprint density at radius 1 is 1.11 bits per heavy atom. The number of benzene rings is 2. The van der Waals surface area contributed by atoms with E-state index in [4.69, 9.17) is 14.2 Å². The van der Waals surface area contributed by atoms with Crippen molar-refractivity contribution in [1.82, 2.24) is 9.80 Å². The first-order chi connectivity index (χ1) is 16.9. The fraction of sp³-hybridized carbons (Fsp3) is 0.360. The molecule has 2 aromatic carbocycles. The Morgan fingerprint density at radius 3 is 2.69 bits per heavy atom. The van der Waals surface area contributed by atoms with Crippen molar-refractivity contribution in [2.45, 2.75) is 32.0 Å². The van der Waals surface area contributed by atoms with Gasteiger partial charge in [-0.3, -0.25) is 19.3 Å². The van der Waals surface area contributed by atoms with Gasteiger partial charge in [0.05, 0.1) is 11.3 Å². The van der Waals surface area contributed by atoms with Crippen molar-refractivity contribution in [2.24, 2.45) is 0 Å². The van der Waals surface area contributed by atoms with Crippen LogP contribution < -0.4 is 14.4 Å². The number of para-hydroxylation sites is 1. The Hall–Kier alpha value is -4.08. The van der Waals surface area contributed by atoms with E-state index in [2.05, 4.69) is 0 Å². The maximum Gasteiger partial charge on any atom is 0.354 e. The molecule has 10 nitrogen and oxygen atoms in total. The topological polar surface area (TPSA) is 106 Å². The Labute approximate surface area is 201 Å². The summed E-state index contributed by atoms with van der Waals surface area (Å²) in [6.07, 6.45) is 0.171. The monoisotopic (exact) mass is 479 g/mol.